The zero-order valence-electron chi connectivity index (χ0n) is 11.2. The Bertz CT molecular complexity index is 527. The molecule has 0 saturated heterocycles. The summed E-state index contributed by atoms with van der Waals surface area (Å²) < 4.78 is 10.6. The van der Waals surface area contributed by atoms with Crippen molar-refractivity contribution in [3.63, 3.8) is 0 Å². The highest BCUT2D eigenvalue weighted by atomic mass is 16.5. The number of rotatable bonds is 6. The van der Waals surface area contributed by atoms with E-state index in [1.807, 2.05) is 26.0 Å². The van der Waals surface area contributed by atoms with Crippen molar-refractivity contribution < 1.29 is 9.26 Å². The van der Waals surface area contributed by atoms with E-state index in [1.54, 1.807) is 6.20 Å². The summed E-state index contributed by atoms with van der Waals surface area (Å²) in [5, 5.41) is 3.89. The average Bonchev–Trinajstić information content (AvgIpc) is 2.88. The van der Waals surface area contributed by atoms with Crippen LogP contribution in [0.5, 0.6) is 0 Å². The van der Waals surface area contributed by atoms with E-state index in [9.17, 15) is 0 Å². The van der Waals surface area contributed by atoms with Gasteiger partial charge in [0.2, 0.25) is 0 Å². The van der Waals surface area contributed by atoms with Crippen LogP contribution in [-0.2, 0) is 4.74 Å². The number of ether oxygens (including phenoxy) is 1. The van der Waals surface area contributed by atoms with Crippen LogP contribution >= 0.6 is 0 Å². The number of pyridine rings is 1. The van der Waals surface area contributed by atoms with Gasteiger partial charge in [0.25, 0.3) is 5.89 Å². The maximum Gasteiger partial charge on any atom is 0.258 e. The molecule has 2 aromatic heterocycles. The Hall–Kier alpha value is -1.79. The van der Waals surface area contributed by atoms with Crippen molar-refractivity contribution in [3.8, 4) is 11.5 Å². The maximum absolute atomic E-state index is 5.93. The lowest BCUT2D eigenvalue weighted by molar-refractivity contribution is 0.119. The first-order valence-corrected chi connectivity index (χ1v) is 6.30. The fraction of sp³-hybridized carbons (Fsp3) is 0.462. The molecule has 1 atom stereocenters. The molecule has 6 heteroatoms. The molecular weight excluding hydrogens is 244 g/mol. The van der Waals surface area contributed by atoms with Gasteiger partial charge in [-0.3, -0.25) is 4.98 Å². The number of aryl methyl sites for hydroxylation is 1. The molecule has 0 aliphatic rings. The molecular formula is C13H18N4O2. The van der Waals surface area contributed by atoms with Crippen molar-refractivity contribution in [1.29, 1.82) is 0 Å². The van der Waals surface area contributed by atoms with Gasteiger partial charge in [-0.25, -0.2) is 0 Å². The number of nitrogens with two attached hydrogens (primary N) is 1. The average molecular weight is 262 g/mol. The number of hydrogen-bond acceptors (Lipinski definition) is 6. The van der Waals surface area contributed by atoms with E-state index in [-0.39, 0.29) is 6.04 Å². The zero-order valence-corrected chi connectivity index (χ0v) is 11.2. The summed E-state index contributed by atoms with van der Waals surface area (Å²) in [6.45, 7) is 5.03. The van der Waals surface area contributed by atoms with Gasteiger partial charge in [0.15, 0.2) is 5.82 Å². The molecule has 2 heterocycles. The fourth-order valence-electron chi connectivity index (χ4n) is 1.61. The monoisotopic (exact) mass is 262 g/mol. The van der Waals surface area contributed by atoms with Crippen LogP contribution in [0.15, 0.2) is 22.9 Å². The van der Waals surface area contributed by atoms with Crippen molar-refractivity contribution in [2.75, 3.05) is 13.2 Å². The molecule has 0 aliphatic heterocycles. The van der Waals surface area contributed by atoms with Gasteiger partial charge in [-0.2, -0.15) is 4.98 Å². The highest BCUT2D eigenvalue weighted by molar-refractivity contribution is 5.52. The minimum Gasteiger partial charge on any atom is -0.379 e. The van der Waals surface area contributed by atoms with Gasteiger partial charge in [0, 0.05) is 24.1 Å². The van der Waals surface area contributed by atoms with Crippen LogP contribution in [0.25, 0.3) is 11.5 Å². The van der Waals surface area contributed by atoms with Crippen LogP contribution < -0.4 is 5.73 Å². The third kappa shape index (κ3) is 3.59. The van der Waals surface area contributed by atoms with Gasteiger partial charge in [-0.15, -0.1) is 0 Å². The molecule has 0 fully saturated rings. The smallest absolute Gasteiger partial charge is 0.258 e. The Morgan fingerprint density at radius 2 is 2.32 bits per heavy atom. The van der Waals surface area contributed by atoms with Gasteiger partial charge >= 0.3 is 0 Å². The van der Waals surface area contributed by atoms with Crippen molar-refractivity contribution >= 4 is 0 Å². The molecule has 0 aromatic carbocycles. The second-order valence-electron chi connectivity index (χ2n) is 4.33. The Kier molecular flexibility index (Phi) is 4.59. The molecule has 0 saturated carbocycles. The quantitative estimate of drug-likeness (QED) is 0.799. The predicted octanol–water partition coefficient (Wildman–Crippen LogP) is 1.87. The summed E-state index contributed by atoms with van der Waals surface area (Å²) in [5.41, 5.74) is 7.67. The van der Waals surface area contributed by atoms with E-state index in [2.05, 4.69) is 15.1 Å². The molecule has 2 aromatic rings. The third-order valence-electron chi connectivity index (χ3n) is 2.56. The Morgan fingerprint density at radius 1 is 1.47 bits per heavy atom. The van der Waals surface area contributed by atoms with Crippen molar-refractivity contribution in [2.45, 2.75) is 26.3 Å². The lowest BCUT2D eigenvalue weighted by atomic mass is 10.2. The Labute approximate surface area is 112 Å². The molecule has 2 N–H and O–H groups in total. The molecule has 1 unspecified atom stereocenters. The molecule has 0 bridgehead atoms. The SMILES string of the molecule is CCCOCC(N)c1noc(-c2ccnc(C)c2)n1. The van der Waals surface area contributed by atoms with E-state index < -0.39 is 0 Å². The maximum atomic E-state index is 5.93. The van der Waals surface area contributed by atoms with Gasteiger partial charge in [-0.1, -0.05) is 12.1 Å². The standard InChI is InChI=1S/C13H18N4O2/c1-3-6-18-8-11(14)12-16-13(19-17-12)10-4-5-15-9(2)7-10/h4-5,7,11H,3,6,8,14H2,1-2H3. The molecule has 2 rings (SSSR count). The first-order valence-electron chi connectivity index (χ1n) is 6.30. The van der Waals surface area contributed by atoms with Crippen LogP contribution in [0.1, 0.15) is 30.9 Å². The molecule has 102 valence electrons. The highest BCUT2D eigenvalue weighted by Crippen LogP contribution is 2.18. The van der Waals surface area contributed by atoms with E-state index in [1.165, 1.54) is 0 Å². The Balaban J connectivity index is 2.06. The molecule has 0 amide bonds. The van der Waals surface area contributed by atoms with Crippen LogP contribution in [0.4, 0.5) is 0 Å². The first kappa shape index (κ1) is 13.6. The van der Waals surface area contributed by atoms with Crippen molar-refractivity contribution in [1.82, 2.24) is 15.1 Å². The predicted molar refractivity (Wildman–Crippen MR) is 70.3 cm³/mol. The van der Waals surface area contributed by atoms with E-state index >= 15 is 0 Å². The number of aromatic nitrogens is 3. The van der Waals surface area contributed by atoms with E-state index in [0.29, 0.717) is 24.9 Å². The Morgan fingerprint density at radius 3 is 3.05 bits per heavy atom. The topological polar surface area (TPSA) is 87.1 Å². The third-order valence-corrected chi connectivity index (χ3v) is 2.56. The fourth-order valence-corrected chi connectivity index (χ4v) is 1.61. The van der Waals surface area contributed by atoms with Gasteiger partial charge in [0.1, 0.15) is 0 Å². The van der Waals surface area contributed by atoms with Gasteiger partial charge in [-0.05, 0) is 25.5 Å². The molecule has 0 radical (unpaired) electrons. The highest BCUT2D eigenvalue weighted by Gasteiger charge is 2.15. The summed E-state index contributed by atoms with van der Waals surface area (Å²) in [6, 6.07) is 3.34. The summed E-state index contributed by atoms with van der Waals surface area (Å²) in [6.07, 6.45) is 2.67. The van der Waals surface area contributed by atoms with E-state index in [4.69, 9.17) is 15.0 Å². The molecule has 19 heavy (non-hydrogen) atoms. The van der Waals surface area contributed by atoms with Crippen molar-refractivity contribution in [3.05, 3.63) is 29.8 Å². The summed E-state index contributed by atoms with van der Waals surface area (Å²) in [5.74, 6) is 0.909. The van der Waals surface area contributed by atoms with Crippen LogP contribution in [0.2, 0.25) is 0 Å². The van der Waals surface area contributed by atoms with E-state index in [0.717, 1.165) is 17.7 Å². The number of hydrogen-bond donors (Lipinski definition) is 1. The van der Waals surface area contributed by atoms with Gasteiger partial charge < -0.3 is 15.0 Å². The molecule has 0 spiro atoms. The van der Waals surface area contributed by atoms with Gasteiger partial charge in [0.05, 0.1) is 12.6 Å². The summed E-state index contributed by atoms with van der Waals surface area (Å²) in [7, 11) is 0. The summed E-state index contributed by atoms with van der Waals surface area (Å²) >= 11 is 0. The van der Waals surface area contributed by atoms with Crippen LogP contribution in [0, 0.1) is 6.92 Å². The molecule has 6 nitrogen and oxygen atoms in total. The normalized spacial score (nSPS) is 12.6. The number of nitrogens with zero attached hydrogens (tertiary/aromatic N) is 3. The minimum atomic E-state index is -0.369. The first-order chi connectivity index (χ1) is 9.20. The lowest BCUT2D eigenvalue weighted by Crippen LogP contribution is -2.18. The van der Waals surface area contributed by atoms with Crippen LogP contribution in [0.3, 0.4) is 0 Å². The summed E-state index contributed by atoms with van der Waals surface area (Å²) in [4.78, 5) is 8.41. The molecule has 0 aliphatic carbocycles. The lowest BCUT2D eigenvalue weighted by Gasteiger charge is -2.06. The second-order valence-corrected chi connectivity index (χ2v) is 4.33. The minimum absolute atomic E-state index is 0.369. The largest absolute Gasteiger partial charge is 0.379 e. The van der Waals surface area contributed by atoms with Crippen LogP contribution in [-0.4, -0.2) is 28.3 Å². The zero-order chi connectivity index (χ0) is 13.7. The van der Waals surface area contributed by atoms with Crippen molar-refractivity contribution in [2.24, 2.45) is 5.73 Å². The second kappa shape index (κ2) is 6.40.